The third-order valence-electron chi connectivity index (χ3n) is 2.41. The van der Waals surface area contributed by atoms with Crippen LogP contribution in [0.15, 0.2) is 0 Å². The molecule has 1 rings (SSSR count). The van der Waals surface area contributed by atoms with Crippen molar-refractivity contribution in [2.24, 2.45) is 5.73 Å². The lowest BCUT2D eigenvalue weighted by Crippen LogP contribution is -2.52. The highest BCUT2D eigenvalue weighted by Gasteiger charge is 2.23. The molecule has 1 aliphatic rings. The number of hydrogen-bond donors (Lipinski definition) is 4. The summed E-state index contributed by atoms with van der Waals surface area (Å²) in [6, 6.07) is -0.676. The average molecular weight is 201 g/mol. The van der Waals surface area contributed by atoms with E-state index in [0.29, 0.717) is 0 Å². The molecule has 1 saturated heterocycles. The summed E-state index contributed by atoms with van der Waals surface area (Å²) in [5.74, 6) is -0.0396. The zero-order valence-electron chi connectivity index (χ0n) is 8.49. The van der Waals surface area contributed by atoms with Crippen molar-refractivity contribution in [3.05, 3.63) is 0 Å². The summed E-state index contributed by atoms with van der Waals surface area (Å²) in [4.78, 5) is 11.4. The van der Waals surface area contributed by atoms with Crippen molar-refractivity contribution in [1.82, 2.24) is 10.6 Å². The Morgan fingerprint density at radius 3 is 3.00 bits per heavy atom. The molecule has 1 amide bonds. The van der Waals surface area contributed by atoms with E-state index in [2.05, 4.69) is 10.6 Å². The molecule has 0 saturated carbocycles. The van der Waals surface area contributed by atoms with Gasteiger partial charge in [0.05, 0.1) is 6.04 Å². The van der Waals surface area contributed by atoms with E-state index < -0.39 is 6.23 Å². The van der Waals surface area contributed by atoms with Crippen LogP contribution in [0, 0.1) is 0 Å². The first kappa shape index (κ1) is 11.4. The topological polar surface area (TPSA) is 87.4 Å². The van der Waals surface area contributed by atoms with Gasteiger partial charge in [0.15, 0.2) is 0 Å². The normalized spacial score (nSPS) is 27.6. The lowest BCUT2D eigenvalue weighted by atomic mass is 10.1. The summed E-state index contributed by atoms with van der Waals surface area (Å²) >= 11 is 0. The van der Waals surface area contributed by atoms with Gasteiger partial charge in [0.25, 0.3) is 0 Å². The van der Waals surface area contributed by atoms with Gasteiger partial charge in [-0.1, -0.05) is 0 Å². The molecule has 0 aromatic heterocycles. The minimum atomic E-state index is -0.816. The fourth-order valence-corrected chi connectivity index (χ4v) is 1.46. The van der Waals surface area contributed by atoms with Crippen molar-refractivity contribution in [3.8, 4) is 0 Å². The Morgan fingerprint density at radius 2 is 2.36 bits per heavy atom. The maximum absolute atomic E-state index is 11.4. The molecule has 0 radical (unpaired) electrons. The van der Waals surface area contributed by atoms with Crippen molar-refractivity contribution in [2.75, 3.05) is 6.54 Å². The van der Waals surface area contributed by atoms with E-state index in [1.807, 2.05) is 0 Å². The summed E-state index contributed by atoms with van der Waals surface area (Å²) in [5, 5.41) is 15.1. The number of carbonyl (C=O) groups excluding carboxylic acids is 1. The zero-order chi connectivity index (χ0) is 10.6. The molecule has 0 aromatic carbocycles. The molecule has 14 heavy (non-hydrogen) atoms. The monoisotopic (exact) mass is 201 g/mol. The fraction of sp³-hybridized carbons (Fsp3) is 0.889. The average Bonchev–Trinajstić information content (AvgIpc) is 2.32. The van der Waals surface area contributed by atoms with Crippen LogP contribution in [-0.4, -0.2) is 35.9 Å². The van der Waals surface area contributed by atoms with Crippen molar-refractivity contribution in [3.63, 3.8) is 0 Å². The van der Waals surface area contributed by atoms with Gasteiger partial charge in [0.2, 0.25) is 5.91 Å². The second-order valence-corrected chi connectivity index (χ2v) is 3.81. The highest BCUT2D eigenvalue weighted by atomic mass is 16.3. The molecule has 0 aromatic rings. The lowest BCUT2D eigenvalue weighted by molar-refractivity contribution is -0.123. The number of hydrogen-bond acceptors (Lipinski definition) is 4. The van der Waals surface area contributed by atoms with E-state index in [1.54, 1.807) is 6.92 Å². The van der Waals surface area contributed by atoms with E-state index in [9.17, 15) is 9.90 Å². The maximum atomic E-state index is 11.4. The van der Waals surface area contributed by atoms with E-state index in [4.69, 9.17) is 5.73 Å². The number of aliphatic hydroxyl groups excluding tert-OH is 1. The zero-order valence-corrected chi connectivity index (χ0v) is 8.49. The second-order valence-electron chi connectivity index (χ2n) is 3.81. The molecule has 82 valence electrons. The van der Waals surface area contributed by atoms with Gasteiger partial charge in [-0.15, -0.1) is 0 Å². The summed E-state index contributed by atoms with van der Waals surface area (Å²) in [5.41, 5.74) is 5.49. The van der Waals surface area contributed by atoms with Gasteiger partial charge in [0, 0.05) is 12.6 Å². The van der Waals surface area contributed by atoms with Gasteiger partial charge in [-0.2, -0.15) is 0 Å². The minimum absolute atomic E-state index is 0.0396. The molecule has 1 heterocycles. The fourth-order valence-electron chi connectivity index (χ4n) is 1.46. The molecule has 3 atom stereocenters. The Balaban J connectivity index is 2.44. The van der Waals surface area contributed by atoms with Gasteiger partial charge < -0.3 is 16.2 Å². The van der Waals surface area contributed by atoms with Crippen LogP contribution in [0.5, 0.6) is 0 Å². The Morgan fingerprint density at radius 1 is 1.64 bits per heavy atom. The van der Waals surface area contributed by atoms with Crippen LogP contribution in [0.2, 0.25) is 0 Å². The molecule has 3 unspecified atom stereocenters. The molecule has 0 spiro atoms. The van der Waals surface area contributed by atoms with Gasteiger partial charge >= 0.3 is 0 Å². The van der Waals surface area contributed by atoms with Crippen LogP contribution in [0.3, 0.4) is 0 Å². The summed E-state index contributed by atoms with van der Waals surface area (Å²) in [6.45, 7) is 2.43. The molecule has 1 fully saturated rings. The van der Waals surface area contributed by atoms with E-state index >= 15 is 0 Å². The van der Waals surface area contributed by atoms with Crippen LogP contribution < -0.4 is 16.4 Å². The second kappa shape index (κ2) is 5.29. The first-order chi connectivity index (χ1) is 6.61. The predicted molar refractivity (Wildman–Crippen MR) is 53.4 cm³/mol. The SMILES string of the molecule is CC(N)C(O)NC1CCCCNC1=O. The van der Waals surface area contributed by atoms with Gasteiger partial charge in [-0.25, -0.2) is 0 Å². The van der Waals surface area contributed by atoms with Gasteiger partial charge in [-0.3, -0.25) is 10.1 Å². The lowest BCUT2D eigenvalue weighted by Gasteiger charge is -2.22. The maximum Gasteiger partial charge on any atom is 0.237 e. The molecule has 0 bridgehead atoms. The predicted octanol–water partition coefficient (Wildman–Crippen LogP) is -1.09. The number of amides is 1. The van der Waals surface area contributed by atoms with E-state index in [0.717, 1.165) is 25.8 Å². The van der Waals surface area contributed by atoms with Crippen molar-refractivity contribution in [1.29, 1.82) is 0 Å². The Labute approximate surface area is 84.0 Å². The van der Waals surface area contributed by atoms with Crippen molar-refractivity contribution >= 4 is 5.91 Å². The molecular formula is C9H19N3O2. The molecule has 5 heteroatoms. The molecule has 5 N–H and O–H groups in total. The van der Waals surface area contributed by atoms with Crippen LogP contribution in [0.1, 0.15) is 26.2 Å². The van der Waals surface area contributed by atoms with E-state index in [1.165, 1.54) is 0 Å². The molecule has 5 nitrogen and oxygen atoms in total. The van der Waals surface area contributed by atoms with Crippen LogP contribution in [-0.2, 0) is 4.79 Å². The summed E-state index contributed by atoms with van der Waals surface area (Å²) in [7, 11) is 0. The van der Waals surface area contributed by atoms with Crippen LogP contribution >= 0.6 is 0 Å². The molecule has 0 aliphatic carbocycles. The smallest absolute Gasteiger partial charge is 0.237 e. The highest BCUT2D eigenvalue weighted by molar-refractivity contribution is 5.81. The largest absolute Gasteiger partial charge is 0.377 e. The summed E-state index contributed by atoms with van der Waals surface area (Å²) < 4.78 is 0. The highest BCUT2D eigenvalue weighted by Crippen LogP contribution is 2.06. The number of carbonyl (C=O) groups is 1. The first-order valence-corrected chi connectivity index (χ1v) is 5.08. The number of rotatable bonds is 3. The van der Waals surface area contributed by atoms with Gasteiger partial charge in [0.1, 0.15) is 6.23 Å². The molecular weight excluding hydrogens is 182 g/mol. The third-order valence-corrected chi connectivity index (χ3v) is 2.41. The quantitative estimate of drug-likeness (QED) is 0.437. The standard InChI is InChI=1S/C9H19N3O2/c1-6(10)8(13)12-7-4-2-3-5-11-9(7)14/h6-8,12-13H,2-5,10H2,1H3,(H,11,14). The van der Waals surface area contributed by atoms with Crippen LogP contribution in [0.25, 0.3) is 0 Å². The minimum Gasteiger partial charge on any atom is -0.377 e. The molecule has 1 aliphatic heterocycles. The van der Waals surface area contributed by atoms with Crippen LogP contribution in [0.4, 0.5) is 0 Å². The first-order valence-electron chi connectivity index (χ1n) is 5.08. The summed E-state index contributed by atoms with van der Waals surface area (Å²) in [6.07, 6.45) is 1.93. The van der Waals surface area contributed by atoms with Gasteiger partial charge in [-0.05, 0) is 26.2 Å². The van der Waals surface area contributed by atoms with E-state index in [-0.39, 0.29) is 18.0 Å². The number of nitrogens with one attached hydrogen (secondary N) is 2. The number of aliphatic hydroxyl groups is 1. The third kappa shape index (κ3) is 3.25. The Hall–Kier alpha value is -0.650. The van der Waals surface area contributed by atoms with Crippen molar-refractivity contribution in [2.45, 2.75) is 44.5 Å². The Bertz CT molecular complexity index is 196. The Kier molecular flexibility index (Phi) is 4.31. The number of nitrogens with two attached hydrogens (primary N) is 1. The van der Waals surface area contributed by atoms with Crippen molar-refractivity contribution < 1.29 is 9.90 Å².